The van der Waals surface area contributed by atoms with Gasteiger partial charge in [0.15, 0.2) is 0 Å². The lowest BCUT2D eigenvalue weighted by atomic mass is 9.98. The maximum Gasteiger partial charge on any atom is 0.254 e. The molecule has 2 aliphatic rings. The Hall–Kier alpha value is -2.47. The third-order valence-electron chi connectivity index (χ3n) is 5.29. The Labute approximate surface area is 152 Å². The highest BCUT2D eigenvalue weighted by Gasteiger charge is 2.29. The number of amides is 1. The van der Waals surface area contributed by atoms with Gasteiger partial charge in [-0.15, -0.1) is 0 Å². The second-order valence-electron chi connectivity index (χ2n) is 6.92. The van der Waals surface area contributed by atoms with Gasteiger partial charge in [-0.25, -0.2) is 4.98 Å². The molecule has 2 heterocycles. The van der Waals surface area contributed by atoms with Crippen LogP contribution in [0.15, 0.2) is 35.1 Å². The number of aromatic amines is 1. The monoisotopic (exact) mass is 353 g/mol. The van der Waals surface area contributed by atoms with Gasteiger partial charge in [-0.05, 0) is 25.7 Å². The van der Waals surface area contributed by atoms with Crippen LogP contribution in [-0.4, -0.2) is 47.1 Å². The number of benzene rings is 1. The Morgan fingerprint density at radius 2 is 1.85 bits per heavy atom. The van der Waals surface area contributed by atoms with E-state index in [4.69, 9.17) is 9.72 Å². The predicted molar refractivity (Wildman–Crippen MR) is 97.8 cm³/mol. The van der Waals surface area contributed by atoms with Crippen molar-refractivity contribution in [3.8, 4) is 11.4 Å². The second kappa shape index (κ2) is 7.41. The standard InChI is InChI=1S/C20H23N3O3/c24-19-16-8-6-15(20(25)23-10-12-26-13-11-23)7-9-17(16)21-18(22-19)14-4-2-1-3-5-14/h1-5,15H,6-13H2,(H,21,22,24). The number of ether oxygens (including phenoxy) is 1. The number of hydrogen-bond acceptors (Lipinski definition) is 4. The van der Waals surface area contributed by atoms with Crippen molar-refractivity contribution < 1.29 is 9.53 Å². The SMILES string of the molecule is O=C(C1CCc2nc(-c3ccccc3)[nH]c(=O)c2CC1)N1CCOCC1. The van der Waals surface area contributed by atoms with E-state index >= 15 is 0 Å². The van der Waals surface area contributed by atoms with Crippen molar-refractivity contribution in [2.45, 2.75) is 25.7 Å². The summed E-state index contributed by atoms with van der Waals surface area (Å²) < 4.78 is 5.33. The van der Waals surface area contributed by atoms with Gasteiger partial charge in [-0.3, -0.25) is 9.59 Å². The summed E-state index contributed by atoms with van der Waals surface area (Å²) >= 11 is 0. The number of carbonyl (C=O) groups excluding carboxylic acids is 1. The molecule has 0 bridgehead atoms. The number of aryl methyl sites for hydroxylation is 1. The Bertz CT molecular complexity index is 841. The van der Waals surface area contributed by atoms with Crippen molar-refractivity contribution in [3.63, 3.8) is 0 Å². The van der Waals surface area contributed by atoms with Crippen LogP contribution in [0.25, 0.3) is 11.4 Å². The number of H-pyrrole nitrogens is 1. The highest BCUT2D eigenvalue weighted by molar-refractivity contribution is 5.79. The van der Waals surface area contributed by atoms with E-state index in [-0.39, 0.29) is 17.4 Å². The third kappa shape index (κ3) is 3.42. The Balaban J connectivity index is 1.55. The Morgan fingerprint density at radius 3 is 2.62 bits per heavy atom. The van der Waals surface area contributed by atoms with E-state index in [0.29, 0.717) is 51.4 Å². The van der Waals surface area contributed by atoms with E-state index in [1.807, 2.05) is 35.2 Å². The van der Waals surface area contributed by atoms with Gasteiger partial charge in [-0.2, -0.15) is 0 Å². The summed E-state index contributed by atoms with van der Waals surface area (Å²) in [6, 6.07) is 9.67. The summed E-state index contributed by atoms with van der Waals surface area (Å²) in [6.07, 6.45) is 2.72. The summed E-state index contributed by atoms with van der Waals surface area (Å²) in [5.41, 5.74) is 2.40. The molecule has 1 aliphatic heterocycles. The van der Waals surface area contributed by atoms with Crippen molar-refractivity contribution in [2.24, 2.45) is 5.92 Å². The molecule has 1 aliphatic carbocycles. The lowest BCUT2D eigenvalue weighted by molar-refractivity contribution is -0.140. The molecule has 2 aromatic rings. The van der Waals surface area contributed by atoms with Crippen LogP contribution in [0.4, 0.5) is 0 Å². The van der Waals surface area contributed by atoms with Crippen LogP contribution in [-0.2, 0) is 22.4 Å². The fraction of sp³-hybridized carbons (Fsp3) is 0.450. The molecule has 6 nitrogen and oxygen atoms in total. The molecule has 1 amide bonds. The molecule has 6 heteroatoms. The minimum absolute atomic E-state index is 0.0399. The van der Waals surface area contributed by atoms with Crippen LogP contribution in [0.5, 0.6) is 0 Å². The molecule has 26 heavy (non-hydrogen) atoms. The van der Waals surface area contributed by atoms with Gasteiger partial charge in [0.1, 0.15) is 5.82 Å². The summed E-state index contributed by atoms with van der Waals surface area (Å²) in [6.45, 7) is 2.55. The maximum atomic E-state index is 12.8. The molecule has 1 saturated heterocycles. The minimum Gasteiger partial charge on any atom is -0.378 e. The number of fused-ring (bicyclic) bond motifs is 1. The van der Waals surface area contributed by atoms with Crippen molar-refractivity contribution in [2.75, 3.05) is 26.3 Å². The van der Waals surface area contributed by atoms with E-state index < -0.39 is 0 Å². The van der Waals surface area contributed by atoms with Crippen LogP contribution >= 0.6 is 0 Å². The summed E-state index contributed by atoms with van der Waals surface area (Å²) in [4.78, 5) is 34.9. The first-order valence-corrected chi connectivity index (χ1v) is 9.26. The lowest BCUT2D eigenvalue weighted by Crippen LogP contribution is -2.43. The molecule has 136 valence electrons. The van der Waals surface area contributed by atoms with E-state index in [2.05, 4.69) is 4.98 Å². The van der Waals surface area contributed by atoms with Crippen LogP contribution in [0.1, 0.15) is 24.1 Å². The number of nitrogens with one attached hydrogen (secondary N) is 1. The second-order valence-corrected chi connectivity index (χ2v) is 6.92. The fourth-order valence-electron chi connectivity index (χ4n) is 3.80. The Kier molecular flexibility index (Phi) is 4.84. The molecule has 4 rings (SSSR count). The first kappa shape index (κ1) is 17.0. The van der Waals surface area contributed by atoms with Gasteiger partial charge in [0.2, 0.25) is 5.91 Å². The van der Waals surface area contributed by atoms with Gasteiger partial charge in [0, 0.05) is 30.1 Å². The van der Waals surface area contributed by atoms with Crippen LogP contribution in [0.2, 0.25) is 0 Å². The highest BCUT2D eigenvalue weighted by Crippen LogP contribution is 2.25. The van der Waals surface area contributed by atoms with Crippen molar-refractivity contribution in [1.29, 1.82) is 0 Å². The van der Waals surface area contributed by atoms with Crippen molar-refractivity contribution in [1.82, 2.24) is 14.9 Å². The van der Waals surface area contributed by atoms with Gasteiger partial charge in [-0.1, -0.05) is 30.3 Å². The fourth-order valence-corrected chi connectivity index (χ4v) is 3.80. The predicted octanol–water partition coefficient (Wildman–Crippen LogP) is 1.79. The van der Waals surface area contributed by atoms with Gasteiger partial charge in [0.25, 0.3) is 5.56 Å². The number of carbonyl (C=O) groups is 1. The van der Waals surface area contributed by atoms with E-state index in [9.17, 15) is 9.59 Å². The smallest absolute Gasteiger partial charge is 0.254 e. The zero-order valence-electron chi connectivity index (χ0n) is 14.7. The quantitative estimate of drug-likeness (QED) is 0.835. The van der Waals surface area contributed by atoms with Crippen LogP contribution in [0.3, 0.4) is 0 Å². The molecule has 1 unspecified atom stereocenters. The Morgan fingerprint density at radius 1 is 1.12 bits per heavy atom. The van der Waals surface area contributed by atoms with E-state index in [1.54, 1.807) is 0 Å². The molecular weight excluding hydrogens is 330 g/mol. The largest absolute Gasteiger partial charge is 0.378 e. The molecular formula is C20H23N3O3. The summed E-state index contributed by atoms with van der Waals surface area (Å²) in [7, 11) is 0. The molecule has 1 atom stereocenters. The number of rotatable bonds is 2. The molecule has 1 aromatic carbocycles. The number of aromatic nitrogens is 2. The molecule has 1 aromatic heterocycles. The van der Waals surface area contributed by atoms with Gasteiger partial charge >= 0.3 is 0 Å². The lowest BCUT2D eigenvalue weighted by Gasteiger charge is -2.30. The normalized spacial score (nSPS) is 20.3. The number of hydrogen-bond donors (Lipinski definition) is 1. The molecule has 0 saturated carbocycles. The van der Waals surface area contributed by atoms with Crippen molar-refractivity contribution in [3.05, 3.63) is 51.9 Å². The average molecular weight is 353 g/mol. The molecule has 0 spiro atoms. The molecule has 0 radical (unpaired) electrons. The topological polar surface area (TPSA) is 75.3 Å². The minimum atomic E-state index is -0.0756. The van der Waals surface area contributed by atoms with E-state index in [1.165, 1.54) is 0 Å². The highest BCUT2D eigenvalue weighted by atomic mass is 16.5. The first-order chi connectivity index (χ1) is 12.7. The summed E-state index contributed by atoms with van der Waals surface area (Å²) in [5, 5.41) is 0. The summed E-state index contributed by atoms with van der Waals surface area (Å²) in [5.74, 6) is 0.759. The number of morpholine rings is 1. The molecule has 1 N–H and O–H groups in total. The zero-order valence-corrected chi connectivity index (χ0v) is 14.7. The maximum absolute atomic E-state index is 12.8. The first-order valence-electron chi connectivity index (χ1n) is 9.26. The van der Waals surface area contributed by atoms with Gasteiger partial charge < -0.3 is 14.6 Å². The van der Waals surface area contributed by atoms with E-state index in [0.717, 1.165) is 23.2 Å². The number of nitrogens with zero attached hydrogens (tertiary/aromatic N) is 2. The van der Waals surface area contributed by atoms with Crippen LogP contribution in [0, 0.1) is 5.92 Å². The van der Waals surface area contributed by atoms with Crippen molar-refractivity contribution >= 4 is 5.91 Å². The molecule has 1 fully saturated rings. The average Bonchev–Trinajstić information content (AvgIpc) is 2.92. The third-order valence-corrected chi connectivity index (χ3v) is 5.29. The zero-order chi connectivity index (χ0) is 17.9. The van der Waals surface area contributed by atoms with Gasteiger partial charge in [0.05, 0.1) is 18.9 Å². The van der Waals surface area contributed by atoms with Crippen LogP contribution < -0.4 is 5.56 Å².